The third-order valence-electron chi connectivity index (χ3n) is 2.46. The monoisotopic (exact) mass is 314 g/mol. The number of anilines is 1. The number of hydrogen-bond donors (Lipinski definition) is 2. The number of methoxy groups -OCH3 is 1. The molecule has 0 saturated carbocycles. The second kappa shape index (κ2) is 6.39. The Morgan fingerprint density at radius 3 is 2.67 bits per heavy atom. The van der Waals surface area contributed by atoms with Crippen LogP contribution in [-0.2, 0) is 9.53 Å². The van der Waals surface area contributed by atoms with Crippen LogP contribution in [-0.4, -0.2) is 25.0 Å². The van der Waals surface area contributed by atoms with Gasteiger partial charge in [0.2, 0.25) is 0 Å². The molecule has 18 heavy (non-hydrogen) atoms. The number of nitrogens with one attached hydrogen (secondary N) is 1. The number of carbonyl (C=O) groups is 2. The van der Waals surface area contributed by atoms with Gasteiger partial charge in [0.05, 0.1) is 12.7 Å². The Hall–Kier alpha value is -1.56. The molecule has 0 aliphatic rings. The van der Waals surface area contributed by atoms with Gasteiger partial charge in [-0.3, -0.25) is 4.79 Å². The van der Waals surface area contributed by atoms with Crippen molar-refractivity contribution in [2.75, 3.05) is 12.8 Å². The van der Waals surface area contributed by atoms with Crippen molar-refractivity contribution in [1.29, 1.82) is 0 Å². The molecule has 0 aliphatic heterocycles. The first-order valence-corrected chi connectivity index (χ1v) is 6.22. The zero-order valence-electron chi connectivity index (χ0n) is 10.2. The molecule has 0 bridgehead atoms. The number of rotatable bonds is 4. The van der Waals surface area contributed by atoms with Gasteiger partial charge in [0.15, 0.2) is 0 Å². The highest BCUT2D eigenvalue weighted by atomic mass is 79.9. The van der Waals surface area contributed by atoms with Crippen LogP contribution < -0.4 is 11.1 Å². The Bertz CT molecular complexity index is 463. The molecule has 0 fully saturated rings. The summed E-state index contributed by atoms with van der Waals surface area (Å²) in [4.78, 5) is 23.3. The maximum atomic E-state index is 12.0. The summed E-state index contributed by atoms with van der Waals surface area (Å²) < 4.78 is 5.39. The van der Waals surface area contributed by atoms with Gasteiger partial charge in [0.25, 0.3) is 5.91 Å². The predicted octanol–water partition coefficient (Wildman–Crippen LogP) is 1.71. The van der Waals surface area contributed by atoms with Crippen LogP contribution in [0.1, 0.15) is 23.7 Å². The van der Waals surface area contributed by atoms with Gasteiger partial charge in [0, 0.05) is 10.2 Å². The Labute approximate surface area is 114 Å². The van der Waals surface area contributed by atoms with Crippen molar-refractivity contribution in [3.05, 3.63) is 28.2 Å². The van der Waals surface area contributed by atoms with Crippen LogP contribution in [0.3, 0.4) is 0 Å². The fourth-order valence-corrected chi connectivity index (χ4v) is 1.83. The molecule has 98 valence electrons. The first kappa shape index (κ1) is 14.5. The number of carbonyl (C=O) groups excluding carboxylic acids is 2. The quantitative estimate of drug-likeness (QED) is 0.655. The number of hydrogen-bond acceptors (Lipinski definition) is 4. The van der Waals surface area contributed by atoms with Crippen molar-refractivity contribution >= 4 is 33.5 Å². The van der Waals surface area contributed by atoms with Crippen molar-refractivity contribution < 1.29 is 14.3 Å². The molecular formula is C12H15BrN2O3. The molecule has 1 amide bonds. The molecule has 5 nitrogen and oxygen atoms in total. The summed E-state index contributed by atoms with van der Waals surface area (Å²) in [5, 5.41) is 2.59. The molecule has 0 radical (unpaired) electrons. The van der Waals surface area contributed by atoms with Gasteiger partial charge in [-0.05, 0) is 24.6 Å². The lowest BCUT2D eigenvalue weighted by molar-refractivity contribution is -0.142. The summed E-state index contributed by atoms with van der Waals surface area (Å²) in [7, 11) is 1.28. The van der Waals surface area contributed by atoms with E-state index < -0.39 is 17.9 Å². The average molecular weight is 315 g/mol. The summed E-state index contributed by atoms with van der Waals surface area (Å²) in [6, 6.07) is 4.28. The third-order valence-corrected chi connectivity index (χ3v) is 2.95. The molecule has 3 N–H and O–H groups in total. The highest BCUT2D eigenvalue weighted by Crippen LogP contribution is 2.18. The first-order valence-electron chi connectivity index (χ1n) is 5.43. The molecule has 1 rings (SSSR count). The molecule has 0 spiro atoms. The Kier molecular flexibility index (Phi) is 5.15. The molecule has 0 heterocycles. The van der Waals surface area contributed by atoms with Crippen LogP contribution in [0.25, 0.3) is 0 Å². The van der Waals surface area contributed by atoms with Crippen LogP contribution in [0.15, 0.2) is 22.7 Å². The topological polar surface area (TPSA) is 81.4 Å². The van der Waals surface area contributed by atoms with Crippen molar-refractivity contribution in [3.8, 4) is 0 Å². The van der Waals surface area contributed by atoms with E-state index >= 15 is 0 Å². The van der Waals surface area contributed by atoms with Crippen molar-refractivity contribution in [1.82, 2.24) is 5.32 Å². The van der Waals surface area contributed by atoms with Gasteiger partial charge in [-0.25, -0.2) is 4.79 Å². The van der Waals surface area contributed by atoms with Gasteiger partial charge in [-0.1, -0.05) is 22.9 Å². The van der Waals surface area contributed by atoms with Crippen molar-refractivity contribution in [3.63, 3.8) is 0 Å². The lowest BCUT2D eigenvalue weighted by atomic mass is 10.1. The molecule has 0 aliphatic carbocycles. The van der Waals surface area contributed by atoms with Crippen molar-refractivity contribution in [2.24, 2.45) is 0 Å². The molecule has 0 saturated heterocycles. The van der Waals surface area contributed by atoms with E-state index in [1.54, 1.807) is 25.1 Å². The van der Waals surface area contributed by atoms with Gasteiger partial charge >= 0.3 is 5.97 Å². The van der Waals surface area contributed by atoms with E-state index in [-0.39, 0.29) is 0 Å². The van der Waals surface area contributed by atoms with Crippen LogP contribution in [0.2, 0.25) is 0 Å². The predicted molar refractivity (Wildman–Crippen MR) is 72.1 cm³/mol. The number of benzene rings is 1. The lowest BCUT2D eigenvalue weighted by Gasteiger charge is -2.15. The van der Waals surface area contributed by atoms with E-state index in [2.05, 4.69) is 26.0 Å². The Morgan fingerprint density at radius 2 is 2.17 bits per heavy atom. The number of amides is 1. The third kappa shape index (κ3) is 3.46. The van der Waals surface area contributed by atoms with Crippen LogP contribution in [0.4, 0.5) is 5.69 Å². The normalized spacial score (nSPS) is 11.7. The lowest BCUT2D eigenvalue weighted by Crippen LogP contribution is -2.41. The van der Waals surface area contributed by atoms with E-state index in [0.29, 0.717) is 17.7 Å². The van der Waals surface area contributed by atoms with Gasteiger partial charge in [-0.15, -0.1) is 0 Å². The summed E-state index contributed by atoms with van der Waals surface area (Å²) in [6.07, 6.45) is 0.453. The highest BCUT2D eigenvalue weighted by Gasteiger charge is 2.21. The highest BCUT2D eigenvalue weighted by molar-refractivity contribution is 9.10. The summed E-state index contributed by atoms with van der Waals surface area (Å²) in [6.45, 7) is 1.78. The molecule has 1 aromatic carbocycles. The fraction of sp³-hybridized carbons (Fsp3) is 0.333. The van der Waals surface area contributed by atoms with Gasteiger partial charge in [0.1, 0.15) is 6.04 Å². The zero-order valence-corrected chi connectivity index (χ0v) is 11.8. The molecule has 1 unspecified atom stereocenters. The Balaban J connectivity index is 2.84. The minimum Gasteiger partial charge on any atom is -0.467 e. The smallest absolute Gasteiger partial charge is 0.328 e. The minimum absolute atomic E-state index is 0.334. The molecule has 1 atom stereocenters. The van der Waals surface area contributed by atoms with Crippen LogP contribution in [0.5, 0.6) is 0 Å². The largest absolute Gasteiger partial charge is 0.467 e. The molecule has 0 aromatic heterocycles. The number of halogens is 1. The number of ether oxygens (including phenoxy) is 1. The number of esters is 1. The molecule has 6 heteroatoms. The maximum Gasteiger partial charge on any atom is 0.328 e. The summed E-state index contributed by atoms with van der Waals surface area (Å²) in [5.41, 5.74) is 6.42. The van der Waals surface area contributed by atoms with E-state index in [0.717, 1.165) is 4.47 Å². The van der Waals surface area contributed by atoms with E-state index in [1.165, 1.54) is 7.11 Å². The SMILES string of the molecule is CCC(NC(=O)c1ccc(Br)cc1N)C(=O)OC. The second-order valence-electron chi connectivity index (χ2n) is 3.69. The van der Waals surface area contributed by atoms with Crippen LogP contribution in [0, 0.1) is 0 Å². The second-order valence-corrected chi connectivity index (χ2v) is 4.60. The number of nitrogen functional groups attached to an aromatic ring is 1. The van der Waals surface area contributed by atoms with E-state index in [9.17, 15) is 9.59 Å². The van der Waals surface area contributed by atoms with E-state index in [4.69, 9.17) is 5.73 Å². The zero-order chi connectivity index (χ0) is 13.7. The van der Waals surface area contributed by atoms with Gasteiger partial charge < -0.3 is 15.8 Å². The van der Waals surface area contributed by atoms with Gasteiger partial charge in [-0.2, -0.15) is 0 Å². The van der Waals surface area contributed by atoms with E-state index in [1.807, 2.05) is 0 Å². The standard InChI is InChI=1S/C12H15BrN2O3/c1-3-10(12(17)18-2)15-11(16)8-5-4-7(13)6-9(8)14/h4-6,10H,3,14H2,1-2H3,(H,15,16). The maximum absolute atomic E-state index is 12.0. The molecule has 1 aromatic rings. The Morgan fingerprint density at radius 1 is 1.50 bits per heavy atom. The fourth-order valence-electron chi connectivity index (χ4n) is 1.45. The first-order chi connectivity index (χ1) is 8.49. The van der Waals surface area contributed by atoms with Crippen molar-refractivity contribution in [2.45, 2.75) is 19.4 Å². The summed E-state index contributed by atoms with van der Waals surface area (Å²) >= 11 is 3.26. The average Bonchev–Trinajstić information content (AvgIpc) is 2.34. The minimum atomic E-state index is -0.662. The number of nitrogens with two attached hydrogens (primary N) is 1. The van der Waals surface area contributed by atoms with Crippen LogP contribution >= 0.6 is 15.9 Å². The molecular weight excluding hydrogens is 300 g/mol. The summed E-state index contributed by atoms with van der Waals surface area (Å²) in [5.74, 6) is -0.862.